The van der Waals surface area contributed by atoms with Crippen LogP contribution in [0.25, 0.3) is 16.4 Å². The summed E-state index contributed by atoms with van der Waals surface area (Å²) in [7, 11) is 0. The molecule has 2 heterocycles. The van der Waals surface area contributed by atoms with Gasteiger partial charge in [0.2, 0.25) is 5.88 Å². The van der Waals surface area contributed by atoms with Gasteiger partial charge >= 0.3 is 0 Å². The maximum absolute atomic E-state index is 5.92. The molecule has 0 aliphatic heterocycles. The summed E-state index contributed by atoms with van der Waals surface area (Å²) in [5.41, 5.74) is 0.766. The standard InChI is InChI=1S/C17H22N4O/c1-2-3-4-5-6-9-12-22-17-15-11-8-7-10-14(15)16-19-18-13-21(16)20-17/h7-8,10-11,13H,2-6,9,12H2,1H3. The zero-order valence-electron chi connectivity index (χ0n) is 13.0. The minimum absolute atomic E-state index is 0.663. The predicted octanol–water partition coefficient (Wildman–Crippen LogP) is 4.02. The molecule has 5 nitrogen and oxygen atoms in total. The summed E-state index contributed by atoms with van der Waals surface area (Å²) in [6, 6.07) is 8.04. The molecule has 0 unspecified atom stereocenters. The fraction of sp³-hybridized carbons (Fsp3) is 0.471. The van der Waals surface area contributed by atoms with E-state index in [1.807, 2.05) is 24.3 Å². The van der Waals surface area contributed by atoms with Crippen LogP contribution in [0.3, 0.4) is 0 Å². The molecule has 5 heteroatoms. The first-order valence-electron chi connectivity index (χ1n) is 8.11. The van der Waals surface area contributed by atoms with Gasteiger partial charge in [0, 0.05) is 10.8 Å². The number of fused-ring (bicyclic) bond motifs is 3. The van der Waals surface area contributed by atoms with Crippen molar-refractivity contribution in [2.24, 2.45) is 0 Å². The van der Waals surface area contributed by atoms with Gasteiger partial charge in [0.05, 0.1) is 6.61 Å². The molecule has 116 valence electrons. The average Bonchev–Trinajstić information content (AvgIpc) is 3.02. The Kier molecular flexibility index (Phi) is 4.83. The van der Waals surface area contributed by atoms with E-state index in [0.717, 1.165) is 22.8 Å². The molecule has 0 radical (unpaired) electrons. The van der Waals surface area contributed by atoms with Gasteiger partial charge in [0.25, 0.3) is 0 Å². The highest BCUT2D eigenvalue weighted by atomic mass is 16.5. The Hall–Kier alpha value is -2.17. The normalized spacial score (nSPS) is 11.3. The Bertz CT molecular complexity index is 738. The number of benzene rings is 1. The Morgan fingerprint density at radius 1 is 1.00 bits per heavy atom. The van der Waals surface area contributed by atoms with Crippen LogP contribution in [0.15, 0.2) is 30.6 Å². The molecular weight excluding hydrogens is 276 g/mol. The third kappa shape index (κ3) is 3.18. The smallest absolute Gasteiger partial charge is 0.239 e. The van der Waals surface area contributed by atoms with Crippen LogP contribution in [0.1, 0.15) is 45.4 Å². The Balaban J connectivity index is 1.67. The second-order valence-corrected chi connectivity index (χ2v) is 5.57. The maximum Gasteiger partial charge on any atom is 0.239 e. The third-order valence-corrected chi connectivity index (χ3v) is 3.86. The summed E-state index contributed by atoms with van der Waals surface area (Å²) in [5.74, 6) is 0.663. The fourth-order valence-electron chi connectivity index (χ4n) is 2.65. The lowest BCUT2D eigenvalue weighted by Gasteiger charge is -2.09. The van der Waals surface area contributed by atoms with Crippen LogP contribution in [-0.4, -0.2) is 26.4 Å². The first kappa shape index (κ1) is 14.8. The molecule has 1 aromatic carbocycles. The van der Waals surface area contributed by atoms with Gasteiger partial charge < -0.3 is 4.74 Å². The highest BCUT2D eigenvalue weighted by Crippen LogP contribution is 2.25. The van der Waals surface area contributed by atoms with Gasteiger partial charge in [0.15, 0.2) is 5.65 Å². The SMILES string of the molecule is CCCCCCCCOc1nn2cnnc2c2ccccc12. The van der Waals surface area contributed by atoms with Crippen molar-refractivity contribution < 1.29 is 4.74 Å². The minimum Gasteiger partial charge on any atom is -0.476 e. The summed E-state index contributed by atoms with van der Waals surface area (Å²) in [6.07, 6.45) is 9.12. The fourth-order valence-corrected chi connectivity index (χ4v) is 2.65. The lowest BCUT2D eigenvalue weighted by molar-refractivity contribution is 0.293. The number of aromatic nitrogens is 4. The first-order valence-corrected chi connectivity index (χ1v) is 8.11. The number of rotatable bonds is 8. The molecule has 2 aromatic heterocycles. The molecule has 0 N–H and O–H groups in total. The molecule has 0 saturated carbocycles. The molecular formula is C17H22N4O. The molecule has 22 heavy (non-hydrogen) atoms. The minimum atomic E-state index is 0.663. The van der Waals surface area contributed by atoms with Crippen LogP contribution in [0.5, 0.6) is 5.88 Å². The van der Waals surface area contributed by atoms with Gasteiger partial charge in [-0.3, -0.25) is 0 Å². The van der Waals surface area contributed by atoms with Gasteiger partial charge in [-0.05, 0) is 12.5 Å². The summed E-state index contributed by atoms with van der Waals surface area (Å²) in [6.45, 7) is 2.94. The van der Waals surface area contributed by atoms with E-state index in [1.54, 1.807) is 10.8 Å². The molecule has 0 spiro atoms. The molecule has 3 aromatic rings. The molecule has 0 aliphatic rings. The Morgan fingerprint density at radius 3 is 2.64 bits per heavy atom. The van der Waals surface area contributed by atoms with E-state index in [9.17, 15) is 0 Å². The predicted molar refractivity (Wildman–Crippen MR) is 87.2 cm³/mol. The van der Waals surface area contributed by atoms with E-state index in [0.29, 0.717) is 12.5 Å². The van der Waals surface area contributed by atoms with E-state index in [-0.39, 0.29) is 0 Å². The summed E-state index contributed by atoms with van der Waals surface area (Å²) in [5, 5.41) is 14.5. The second-order valence-electron chi connectivity index (χ2n) is 5.57. The number of nitrogens with zero attached hydrogens (tertiary/aromatic N) is 4. The van der Waals surface area contributed by atoms with Crippen molar-refractivity contribution in [3.8, 4) is 5.88 Å². The summed E-state index contributed by atoms with van der Waals surface area (Å²) >= 11 is 0. The zero-order valence-corrected chi connectivity index (χ0v) is 13.0. The van der Waals surface area contributed by atoms with Crippen LogP contribution in [0, 0.1) is 0 Å². The molecule has 0 bridgehead atoms. The van der Waals surface area contributed by atoms with Crippen LogP contribution in [0.4, 0.5) is 0 Å². The average molecular weight is 298 g/mol. The van der Waals surface area contributed by atoms with Crippen molar-refractivity contribution in [2.45, 2.75) is 45.4 Å². The number of ether oxygens (including phenoxy) is 1. The van der Waals surface area contributed by atoms with E-state index >= 15 is 0 Å². The molecule has 0 amide bonds. The van der Waals surface area contributed by atoms with Crippen molar-refractivity contribution in [1.82, 2.24) is 19.8 Å². The summed E-state index contributed by atoms with van der Waals surface area (Å²) < 4.78 is 7.60. The molecule has 0 saturated heterocycles. The Labute approximate surface area is 130 Å². The largest absolute Gasteiger partial charge is 0.476 e. The molecule has 3 rings (SSSR count). The van der Waals surface area contributed by atoms with Crippen LogP contribution < -0.4 is 4.74 Å². The van der Waals surface area contributed by atoms with E-state index in [4.69, 9.17) is 4.74 Å². The van der Waals surface area contributed by atoms with E-state index < -0.39 is 0 Å². The molecule has 0 atom stereocenters. The monoisotopic (exact) mass is 298 g/mol. The van der Waals surface area contributed by atoms with Gasteiger partial charge in [-0.1, -0.05) is 57.2 Å². The van der Waals surface area contributed by atoms with Crippen LogP contribution in [0.2, 0.25) is 0 Å². The quantitative estimate of drug-likeness (QED) is 0.589. The van der Waals surface area contributed by atoms with E-state index in [2.05, 4.69) is 22.2 Å². The molecule has 0 fully saturated rings. The number of hydrogen-bond acceptors (Lipinski definition) is 4. The Morgan fingerprint density at radius 2 is 1.77 bits per heavy atom. The van der Waals surface area contributed by atoms with Crippen LogP contribution in [-0.2, 0) is 0 Å². The molecule has 0 aliphatic carbocycles. The van der Waals surface area contributed by atoms with Crippen molar-refractivity contribution in [3.05, 3.63) is 30.6 Å². The number of unbranched alkanes of at least 4 members (excludes halogenated alkanes) is 5. The summed E-state index contributed by atoms with van der Waals surface area (Å²) in [4.78, 5) is 0. The van der Waals surface area contributed by atoms with Crippen molar-refractivity contribution in [2.75, 3.05) is 6.61 Å². The maximum atomic E-state index is 5.92. The van der Waals surface area contributed by atoms with Gasteiger partial charge in [-0.15, -0.1) is 15.3 Å². The van der Waals surface area contributed by atoms with E-state index in [1.165, 1.54) is 32.1 Å². The zero-order chi connectivity index (χ0) is 15.2. The lowest BCUT2D eigenvalue weighted by Crippen LogP contribution is -2.03. The number of hydrogen-bond donors (Lipinski definition) is 0. The van der Waals surface area contributed by atoms with Gasteiger partial charge in [-0.25, -0.2) is 0 Å². The van der Waals surface area contributed by atoms with Gasteiger partial charge in [0.1, 0.15) is 6.33 Å². The van der Waals surface area contributed by atoms with Crippen molar-refractivity contribution in [3.63, 3.8) is 0 Å². The third-order valence-electron chi connectivity index (χ3n) is 3.86. The van der Waals surface area contributed by atoms with Crippen molar-refractivity contribution >= 4 is 16.4 Å². The van der Waals surface area contributed by atoms with Crippen LogP contribution >= 0.6 is 0 Å². The topological polar surface area (TPSA) is 52.3 Å². The van der Waals surface area contributed by atoms with Gasteiger partial charge in [-0.2, -0.15) is 4.52 Å². The highest BCUT2D eigenvalue weighted by molar-refractivity contribution is 5.96. The first-order chi connectivity index (χ1) is 10.9. The van der Waals surface area contributed by atoms with Crippen molar-refractivity contribution in [1.29, 1.82) is 0 Å². The lowest BCUT2D eigenvalue weighted by atomic mass is 10.1. The second kappa shape index (κ2) is 7.20. The highest BCUT2D eigenvalue weighted by Gasteiger charge is 2.10.